The van der Waals surface area contributed by atoms with E-state index in [0.717, 1.165) is 24.8 Å². The van der Waals surface area contributed by atoms with Gasteiger partial charge in [0.2, 0.25) is 5.91 Å². The van der Waals surface area contributed by atoms with Gasteiger partial charge in [-0.1, -0.05) is 30.2 Å². The summed E-state index contributed by atoms with van der Waals surface area (Å²) in [5, 5.41) is 3.54. The van der Waals surface area contributed by atoms with E-state index in [1.807, 2.05) is 12.1 Å². The van der Waals surface area contributed by atoms with Gasteiger partial charge >= 0.3 is 5.97 Å². The van der Waals surface area contributed by atoms with Crippen LogP contribution in [0.3, 0.4) is 0 Å². The van der Waals surface area contributed by atoms with Gasteiger partial charge in [0, 0.05) is 18.0 Å². The van der Waals surface area contributed by atoms with Crippen LogP contribution in [-0.4, -0.2) is 25.0 Å². The third-order valence-corrected chi connectivity index (χ3v) is 3.22. The minimum absolute atomic E-state index is 0.00251. The Hall–Kier alpha value is -1.55. The van der Waals surface area contributed by atoms with Crippen LogP contribution in [0.1, 0.15) is 38.2 Å². The lowest BCUT2D eigenvalue weighted by atomic mass is 10.1. The predicted octanol–water partition coefficient (Wildman–Crippen LogP) is 3.12. The normalized spacial score (nSPS) is 10.2. The Morgan fingerprint density at radius 2 is 1.86 bits per heavy atom. The maximum atomic E-state index is 11.7. The van der Waals surface area contributed by atoms with Crippen molar-refractivity contribution in [3.8, 4) is 0 Å². The van der Waals surface area contributed by atoms with Crippen molar-refractivity contribution in [3.63, 3.8) is 0 Å². The molecule has 4 nitrogen and oxygen atoms in total. The zero-order chi connectivity index (χ0) is 15.5. The number of hydrogen-bond donors (Lipinski definition) is 1. The molecular formula is C16H22ClNO3. The molecule has 0 bridgehead atoms. The van der Waals surface area contributed by atoms with Crippen molar-refractivity contribution in [2.75, 3.05) is 13.2 Å². The molecule has 0 spiro atoms. The standard InChI is InChI=1S/C16H22ClNO3/c1-2-21-16(20)6-4-3-5-11-18-15(19)12-13-7-9-14(17)10-8-13/h7-10H,2-6,11-12H2,1H3,(H,18,19). The summed E-state index contributed by atoms with van der Waals surface area (Å²) in [6, 6.07) is 7.25. The number of ether oxygens (including phenoxy) is 1. The molecule has 0 aliphatic heterocycles. The van der Waals surface area contributed by atoms with Crippen molar-refractivity contribution in [2.24, 2.45) is 0 Å². The van der Waals surface area contributed by atoms with E-state index in [1.54, 1.807) is 19.1 Å². The Bertz CT molecular complexity index is 445. The second kappa shape index (κ2) is 10.2. The van der Waals surface area contributed by atoms with E-state index in [1.165, 1.54) is 0 Å². The number of hydrogen-bond acceptors (Lipinski definition) is 3. The quantitative estimate of drug-likeness (QED) is 0.563. The first-order valence-corrected chi connectivity index (χ1v) is 7.66. The van der Waals surface area contributed by atoms with Crippen LogP contribution in [-0.2, 0) is 20.7 Å². The summed E-state index contributed by atoms with van der Waals surface area (Å²) in [6.07, 6.45) is 3.38. The number of unbranched alkanes of at least 4 members (excludes halogenated alkanes) is 2. The third-order valence-electron chi connectivity index (χ3n) is 2.96. The van der Waals surface area contributed by atoms with E-state index in [0.29, 0.717) is 31.0 Å². The number of carbonyl (C=O) groups is 2. The molecule has 1 amide bonds. The van der Waals surface area contributed by atoms with Crippen LogP contribution in [0.15, 0.2) is 24.3 Å². The molecular weight excluding hydrogens is 290 g/mol. The molecule has 0 aliphatic carbocycles. The van der Waals surface area contributed by atoms with Gasteiger partial charge < -0.3 is 10.1 Å². The van der Waals surface area contributed by atoms with Crippen LogP contribution in [0.5, 0.6) is 0 Å². The number of esters is 1. The first-order chi connectivity index (χ1) is 10.1. The molecule has 0 saturated heterocycles. The van der Waals surface area contributed by atoms with Crippen molar-refractivity contribution in [3.05, 3.63) is 34.9 Å². The lowest BCUT2D eigenvalue weighted by molar-refractivity contribution is -0.143. The van der Waals surface area contributed by atoms with E-state index < -0.39 is 0 Å². The Labute approximate surface area is 130 Å². The lowest BCUT2D eigenvalue weighted by Gasteiger charge is -2.05. The molecule has 0 heterocycles. The van der Waals surface area contributed by atoms with Gasteiger partial charge in [0.15, 0.2) is 0 Å². The zero-order valence-electron chi connectivity index (χ0n) is 12.4. The van der Waals surface area contributed by atoms with Crippen LogP contribution >= 0.6 is 11.6 Å². The Morgan fingerprint density at radius 1 is 1.14 bits per heavy atom. The summed E-state index contributed by atoms with van der Waals surface area (Å²) in [5.41, 5.74) is 0.944. The van der Waals surface area contributed by atoms with Crippen LogP contribution < -0.4 is 5.32 Å². The highest BCUT2D eigenvalue weighted by atomic mass is 35.5. The highest BCUT2D eigenvalue weighted by molar-refractivity contribution is 6.30. The fraction of sp³-hybridized carbons (Fsp3) is 0.500. The summed E-state index contributed by atoms with van der Waals surface area (Å²) < 4.78 is 4.84. The van der Waals surface area contributed by atoms with E-state index in [9.17, 15) is 9.59 Å². The minimum Gasteiger partial charge on any atom is -0.466 e. The monoisotopic (exact) mass is 311 g/mol. The highest BCUT2D eigenvalue weighted by Crippen LogP contribution is 2.09. The maximum Gasteiger partial charge on any atom is 0.305 e. The van der Waals surface area contributed by atoms with E-state index in [-0.39, 0.29) is 11.9 Å². The average molecular weight is 312 g/mol. The molecule has 0 radical (unpaired) electrons. The molecule has 21 heavy (non-hydrogen) atoms. The summed E-state index contributed by atoms with van der Waals surface area (Å²) >= 11 is 5.79. The predicted molar refractivity (Wildman–Crippen MR) is 83.3 cm³/mol. The largest absolute Gasteiger partial charge is 0.466 e. The topological polar surface area (TPSA) is 55.4 Å². The van der Waals surface area contributed by atoms with Crippen molar-refractivity contribution < 1.29 is 14.3 Å². The minimum atomic E-state index is -0.149. The Morgan fingerprint density at radius 3 is 2.52 bits per heavy atom. The van der Waals surface area contributed by atoms with Gasteiger partial charge in [-0.05, 0) is 37.5 Å². The molecule has 5 heteroatoms. The van der Waals surface area contributed by atoms with Gasteiger partial charge in [-0.15, -0.1) is 0 Å². The summed E-state index contributed by atoms with van der Waals surface area (Å²) in [5.74, 6) is -0.146. The summed E-state index contributed by atoms with van der Waals surface area (Å²) in [7, 11) is 0. The van der Waals surface area contributed by atoms with Crippen LogP contribution in [0.4, 0.5) is 0 Å². The van der Waals surface area contributed by atoms with Gasteiger partial charge in [0.1, 0.15) is 0 Å². The molecule has 0 aliphatic rings. The molecule has 0 aromatic heterocycles. The summed E-state index contributed by atoms with van der Waals surface area (Å²) in [6.45, 7) is 2.86. The molecule has 116 valence electrons. The molecule has 0 saturated carbocycles. The van der Waals surface area contributed by atoms with Gasteiger partial charge in [-0.3, -0.25) is 9.59 Å². The van der Waals surface area contributed by atoms with E-state index >= 15 is 0 Å². The molecule has 1 rings (SSSR count). The molecule has 0 unspecified atom stereocenters. The van der Waals surface area contributed by atoms with Crippen molar-refractivity contribution in [1.29, 1.82) is 0 Å². The number of halogens is 1. The fourth-order valence-electron chi connectivity index (χ4n) is 1.88. The first-order valence-electron chi connectivity index (χ1n) is 7.28. The van der Waals surface area contributed by atoms with Crippen molar-refractivity contribution in [2.45, 2.75) is 39.0 Å². The van der Waals surface area contributed by atoms with Gasteiger partial charge in [-0.25, -0.2) is 0 Å². The Kier molecular flexibility index (Phi) is 8.51. The molecule has 0 fully saturated rings. The lowest BCUT2D eigenvalue weighted by Crippen LogP contribution is -2.26. The van der Waals surface area contributed by atoms with Crippen molar-refractivity contribution in [1.82, 2.24) is 5.32 Å². The maximum absolute atomic E-state index is 11.7. The Balaban J connectivity index is 2.06. The number of nitrogens with one attached hydrogen (secondary N) is 1. The van der Waals surface area contributed by atoms with Gasteiger partial charge in [0.25, 0.3) is 0 Å². The SMILES string of the molecule is CCOC(=O)CCCCCNC(=O)Cc1ccc(Cl)cc1. The zero-order valence-corrected chi connectivity index (χ0v) is 13.1. The first kappa shape index (κ1) is 17.5. The number of carbonyl (C=O) groups excluding carboxylic acids is 2. The van der Waals surface area contributed by atoms with Crippen molar-refractivity contribution >= 4 is 23.5 Å². The smallest absolute Gasteiger partial charge is 0.305 e. The molecule has 0 atom stereocenters. The molecule has 1 aromatic carbocycles. The van der Waals surface area contributed by atoms with Gasteiger partial charge in [0.05, 0.1) is 13.0 Å². The molecule has 1 aromatic rings. The van der Waals surface area contributed by atoms with E-state index in [4.69, 9.17) is 16.3 Å². The van der Waals surface area contributed by atoms with Gasteiger partial charge in [-0.2, -0.15) is 0 Å². The molecule has 1 N–H and O–H groups in total. The second-order valence-corrected chi connectivity index (χ2v) is 5.21. The number of benzene rings is 1. The fourth-order valence-corrected chi connectivity index (χ4v) is 2.01. The second-order valence-electron chi connectivity index (χ2n) is 4.77. The summed E-state index contributed by atoms with van der Waals surface area (Å²) in [4.78, 5) is 22.8. The number of rotatable bonds is 9. The highest BCUT2D eigenvalue weighted by Gasteiger charge is 2.03. The van der Waals surface area contributed by atoms with Crippen LogP contribution in [0.2, 0.25) is 5.02 Å². The average Bonchev–Trinajstić information content (AvgIpc) is 2.45. The third kappa shape index (κ3) is 8.35. The number of amides is 1. The van der Waals surface area contributed by atoms with E-state index in [2.05, 4.69) is 5.32 Å². The van der Waals surface area contributed by atoms with Crippen LogP contribution in [0, 0.1) is 0 Å². The van der Waals surface area contributed by atoms with Crippen LogP contribution in [0.25, 0.3) is 0 Å².